The number of unbranched alkanes of at least 4 members (excludes halogenated alkanes) is 2. The van der Waals surface area contributed by atoms with Gasteiger partial charge in [0.15, 0.2) is 11.6 Å². The highest BCUT2D eigenvalue weighted by atomic mass is 19.2. The Hall–Kier alpha value is -1.49. The van der Waals surface area contributed by atoms with Crippen LogP contribution in [0.15, 0.2) is 18.2 Å². The lowest BCUT2D eigenvalue weighted by atomic mass is 10.3. The normalized spacial score (nSPS) is 10.4. The van der Waals surface area contributed by atoms with Crippen LogP contribution in [0.25, 0.3) is 0 Å². The van der Waals surface area contributed by atoms with Gasteiger partial charge in [-0.25, -0.2) is 8.78 Å². The van der Waals surface area contributed by atoms with Crippen molar-refractivity contribution < 1.29 is 18.3 Å². The van der Waals surface area contributed by atoms with Crippen molar-refractivity contribution >= 4 is 11.6 Å². The highest BCUT2D eigenvalue weighted by Gasteiger charge is 2.10. The number of halogens is 2. The molecular formula is C13H17F2NO2. The molecule has 5 heteroatoms. The maximum atomic E-state index is 13.2. The van der Waals surface area contributed by atoms with Crippen LogP contribution < -0.4 is 5.32 Å². The van der Waals surface area contributed by atoms with Gasteiger partial charge >= 0.3 is 0 Å². The van der Waals surface area contributed by atoms with Crippen molar-refractivity contribution in [1.29, 1.82) is 0 Å². The van der Waals surface area contributed by atoms with Gasteiger partial charge in [0.25, 0.3) is 0 Å². The van der Waals surface area contributed by atoms with Gasteiger partial charge in [-0.05, 0) is 18.6 Å². The zero-order valence-corrected chi connectivity index (χ0v) is 10.3. The monoisotopic (exact) mass is 257 g/mol. The van der Waals surface area contributed by atoms with Gasteiger partial charge in [0.05, 0.1) is 5.69 Å². The van der Waals surface area contributed by atoms with Crippen LogP contribution in [0.5, 0.6) is 0 Å². The number of amides is 1. The van der Waals surface area contributed by atoms with E-state index in [-0.39, 0.29) is 12.3 Å². The van der Waals surface area contributed by atoms with E-state index in [9.17, 15) is 13.6 Å². The molecule has 0 aliphatic heterocycles. The quantitative estimate of drug-likeness (QED) is 0.762. The summed E-state index contributed by atoms with van der Waals surface area (Å²) in [4.78, 5) is 11.4. The summed E-state index contributed by atoms with van der Waals surface area (Å²) in [6.07, 6.45) is 3.00. The van der Waals surface area contributed by atoms with Gasteiger partial charge in [0, 0.05) is 6.61 Å². The van der Waals surface area contributed by atoms with Gasteiger partial charge in [-0.1, -0.05) is 25.8 Å². The number of anilines is 1. The molecule has 3 nitrogen and oxygen atoms in total. The van der Waals surface area contributed by atoms with Gasteiger partial charge in [0.2, 0.25) is 5.91 Å². The predicted octanol–water partition coefficient (Wildman–Crippen LogP) is 3.11. The van der Waals surface area contributed by atoms with E-state index in [1.54, 1.807) is 0 Å². The van der Waals surface area contributed by atoms with Crippen LogP contribution in [-0.2, 0) is 9.53 Å². The summed E-state index contributed by atoms with van der Waals surface area (Å²) in [7, 11) is 0. The summed E-state index contributed by atoms with van der Waals surface area (Å²) < 4.78 is 31.2. The summed E-state index contributed by atoms with van der Waals surface area (Å²) in [5.41, 5.74) is -0.169. The Morgan fingerprint density at radius 3 is 2.83 bits per heavy atom. The predicted molar refractivity (Wildman–Crippen MR) is 65.3 cm³/mol. The SMILES string of the molecule is CCCCCOCC(=O)Nc1cccc(F)c1F. The fourth-order valence-corrected chi connectivity index (χ4v) is 1.41. The van der Waals surface area contributed by atoms with Crippen molar-refractivity contribution in [3.63, 3.8) is 0 Å². The van der Waals surface area contributed by atoms with Gasteiger partial charge < -0.3 is 10.1 Å². The molecule has 18 heavy (non-hydrogen) atoms. The molecule has 1 rings (SSSR count). The van der Waals surface area contributed by atoms with Crippen molar-refractivity contribution in [1.82, 2.24) is 0 Å². The highest BCUT2D eigenvalue weighted by molar-refractivity contribution is 5.91. The minimum absolute atomic E-state index is 0.153. The maximum Gasteiger partial charge on any atom is 0.250 e. The van der Waals surface area contributed by atoms with E-state index in [0.29, 0.717) is 6.61 Å². The molecule has 1 N–H and O–H groups in total. The molecule has 1 aromatic carbocycles. The third-order valence-corrected chi connectivity index (χ3v) is 2.35. The Labute approximate surface area is 105 Å². The first kappa shape index (κ1) is 14.6. The number of carbonyl (C=O) groups excluding carboxylic acids is 1. The standard InChI is InChI=1S/C13H17F2NO2/c1-2-3-4-8-18-9-12(17)16-11-7-5-6-10(14)13(11)15/h5-7H,2-4,8-9H2,1H3,(H,16,17). The van der Waals surface area contributed by atoms with E-state index in [2.05, 4.69) is 12.2 Å². The average molecular weight is 257 g/mol. The Morgan fingerprint density at radius 2 is 2.11 bits per heavy atom. The summed E-state index contributed by atoms with van der Waals surface area (Å²) in [5, 5.41) is 2.26. The Morgan fingerprint density at radius 1 is 1.33 bits per heavy atom. The number of rotatable bonds is 7. The van der Waals surface area contributed by atoms with Crippen LogP contribution in [0, 0.1) is 11.6 Å². The first-order valence-corrected chi connectivity index (χ1v) is 5.96. The largest absolute Gasteiger partial charge is 0.372 e. The van der Waals surface area contributed by atoms with Gasteiger partial charge in [-0.3, -0.25) is 4.79 Å². The zero-order chi connectivity index (χ0) is 13.4. The molecule has 0 aliphatic carbocycles. The number of ether oxygens (including phenoxy) is 1. The van der Waals surface area contributed by atoms with E-state index in [1.165, 1.54) is 12.1 Å². The van der Waals surface area contributed by atoms with E-state index in [4.69, 9.17) is 4.74 Å². The Kier molecular flexibility index (Phi) is 6.28. The third-order valence-electron chi connectivity index (χ3n) is 2.35. The second-order valence-electron chi connectivity index (χ2n) is 3.91. The van der Waals surface area contributed by atoms with E-state index in [0.717, 1.165) is 25.3 Å². The molecule has 1 aromatic rings. The molecule has 0 unspecified atom stereocenters. The molecular weight excluding hydrogens is 240 g/mol. The van der Waals surface area contributed by atoms with Crippen molar-refractivity contribution in [2.24, 2.45) is 0 Å². The molecule has 0 saturated carbocycles. The van der Waals surface area contributed by atoms with E-state index < -0.39 is 17.5 Å². The average Bonchev–Trinajstić information content (AvgIpc) is 2.35. The zero-order valence-electron chi connectivity index (χ0n) is 10.3. The molecule has 0 atom stereocenters. The van der Waals surface area contributed by atoms with E-state index in [1.807, 2.05) is 0 Å². The second kappa shape index (κ2) is 7.76. The fourth-order valence-electron chi connectivity index (χ4n) is 1.41. The van der Waals surface area contributed by atoms with Crippen LogP contribution in [0.1, 0.15) is 26.2 Å². The molecule has 0 spiro atoms. The Bertz CT molecular complexity index is 397. The molecule has 1 amide bonds. The minimum Gasteiger partial charge on any atom is -0.372 e. The van der Waals surface area contributed by atoms with Crippen LogP contribution in [0.3, 0.4) is 0 Å². The van der Waals surface area contributed by atoms with Crippen molar-refractivity contribution in [2.45, 2.75) is 26.2 Å². The van der Waals surface area contributed by atoms with Gasteiger partial charge in [0.1, 0.15) is 6.61 Å². The molecule has 0 radical (unpaired) electrons. The number of benzene rings is 1. The van der Waals surface area contributed by atoms with Gasteiger partial charge in [-0.15, -0.1) is 0 Å². The third kappa shape index (κ3) is 4.79. The molecule has 0 heterocycles. The topological polar surface area (TPSA) is 38.3 Å². The molecule has 0 saturated heterocycles. The van der Waals surface area contributed by atoms with Crippen LogP contribution >= 0.6 is 0 Å². The smallest absolute Gasteiger partial charge is 0.250 e. The molecule has 0 fully saturated rings. The second-order valence-corrected chi connectivity index (χ2v) is 3.91. The molecule has 0 aromatic heterocycles. The molecule has 0 bridgehead atoms. The lowest BCUT2D eigenvalue weighted by Crippen LogP contribution is -2.19. The van der Waals surface area contributed by atoms with Crippen molar-refractivity contribution in [3.8, 4) is 0 Å². The lowest BCUT2D eigenvalue weighted by molar-refractivity contribution is -0.120. The summed E-state index contributed by atoms with van der Waals surface area (Å²) >= 11 is 0. The van der Waals surface area contributed by atoms with Crippen LogP contribution in [0.4, 0.5) is 14.5 Å². The van der Waals surface area contributed by atoms with Gasteiger partial charge in [-0.2, -0.15) is 0 Å². The van der Waals surface area contributed by atoms with Crippen molar-refractivity contribution in [2.75, 3.05) is 18.5 Å². The number of nitrogens with one attached hydrogen (secondary N) is 1. The summed E-state index contributed by atoms with van der Waals surface area (Å²) in [5.74, 6) is -2.54. The highest BCUT2D eigenvalue weighted by Crippen LogP contribution is 2.16. The first-order chi connectivity index (χ1) is 8.65. The number of hydrogen-bond donors (Lipinski definition) is 1. The summed E-state index contributed by atoms with van der Waals surface area (Å²) in [6.45, 7) is 2.41. The van der Waals surface area contributed by atoms with Crippen LogP contribution in [-0.4, -0.2) is 19.1 Å². The number of hydrogen-bond acceptors (Lipinski definition) is 2. The van der Waals surface area contributed by atoms with Crippen LogP contribution in [0.2, 0.25) is 0 Å². The minimum atomic E-state index is -1.06. The first-order valence-electron chi connectivity index (χ1n) is 5.96. The number of carbonyl (C=O) groups is 1. The lowest BCUT2D eigenvalue weighted by Gasteiger charge is -2.07. The maximum absolute atomic E-state index is 13.2. The summed E-state index contributed by atoms with van der Waals surface area (Å²) in [6, 6.07) is 3.62. The van der Waals surface area contributed by atoms with E-state index >= 15 is 0 Å². The molecule has 0 aliphatic rings. The molecule has 100 valence electrons. The van der Waals surface area contributed by atoms with Crippen molar-refractivity contribution in [3.05, 3.63) is 29.8 Å². The Balaban J connectivity index is 2.34. The fraction of sp³-hybridized carbons (Fsp3) is 0.462.